The van der Waals surface area contributed by atoms with Crippen molar-refractivity contribution >= 4 is 29.2 Å². The molecular formula is C30H29ClN6O3. The number of pyridine rings is 1. The number of fused-ring (bicyclic) bond motifs is 1. The lowest BCUT2D eigenvalue weighted by molar-refractivity contribution is -0.132. The number of halogens is 1. The van der Waals surface area contributed by atoms with Crippen molar-refractivity contribution in [2.45, 2.75) is 38.6 Å². The lowest BCUT2D eigenvalue weighted by Crippen LogP contribution is -2.50. The Morgan fingerprint density at radius 2 is 1.82 bits per heavy atom. The first-order valence-electron chi connectivity index (χ1n) is 13.4. The van der Waals surface area contributed by atoms with Crippen LogP contribution in [0.2, 0.25) is 5.02 Å². The van der Waals surface area contributed by atoms with Crippen molar-refractivity contribution in [3.63, 3.8) is 0 Å². The molecule has 2 aliphatic rings. The molecule has 40 heavy (non-hydrogen) atoms. The molecule has 0 spiro atoms. The molecule has 3 amide bonds. The van der Waals surface area contributed by atoms with E-state index in [4.69, 9.17) is 16.0 Å². The number of hydrogen-bond acceptors (Lipinski definition) is 6. The zero-order chi connectivity index (χ0) is 27.6. The smallest absolute Gasteiger partial charge is 0.322 e. The van der Waals surface area contributed by atoms with Gasteiger partial charge in [0.1, 0.15) is 6.42 Å². The second kappa shape index (κ2) is 11.1. The first kappa shape index (κ1) is 26.0. The standard InChI is InChI=1S/C30H29ClN6O3/c1-19-6-7-21(18-32-19)22-14-23(16-24(31)15-22)29-35-34-27(40-29)17-28(38)36-11-9-25(10-12-36)37-13-8-20-4-2-3-5-26(20)33-30(37)39/h2-7,14-16,18,25H,8-13,17H2,1H3,(H,33,39). The van der Waals surface area contributed by atoms with Crippen LogP contribution in [0, 0.1) is 6.92 Å². The van der Waals surface area contributed by atoms with E-state index in [2.05, 4.69) is 26.6 Å². The van der Waals surface area contributed by atoms with Gasteiger partial charge in [-0.25, -0.2) is 4.79 Å². The minimum absolute atomic E-state index is 0.0203. The van der Waals surface area contributed by atoms with E-state index in [0.717, 1.165) is 47.3 Å². The number of aromatic nitrogens is 3. The number of hydrogen-bond donors (Lipinski definition) is 1. The zero-order valence-electron chi connectivity index (χ0n) is 22.1. The van der Waals surface area contributed by atoms with E-state index in [-0.39, 0.29) is 30.3 Å². The number of piperidine rings is 1. The topological polar surface area (TPSA) is 104 Å². The molecule has 6 rings (SSSR count). The maximum absolute atomic E-state index is 13.1. The number of anilines is 1. The summed E-state index contributed by atoms with van der Waals surface area (Å²) in [6, 6.07) is 17.4. The van der Waals surface area contributed by atoms with Crippen molar-refractivity contribution in [2.75, 3.05) is 25.0 Å². The number of nitrogens with zero attached hydrogens (tertiary/aromatic N) is 5. The van der Waals surface area contributed by atoms with Gasteiger partial charge < -0.3 is 19.5 Å². The Hall–Kier alpha value is -4.24. The van der Waals surface area contributed by atoms with Gasteiger partial charge in [0.05, 0.1) is 0 Å². The van der Waals surface area contributed by atoms with Crippen molar-refractivity contribution in [3.8, 4) is 22.6 Å². The molecule has 0 atom stereocenters. The minimum atomic E-state index is -0.0732. The molecule has 2 aromatic carbocycles. The van der Waals surface area contributed by atoms with Crippen molar-refractivity contribution in [3.05, 3.63) is 83.0 Å². The Morgan fingerprint density at radius 3 is 2.62 bits per heavy atom. The summed E-state index contributed by atoms with van der Waals surface area (Å²) in [6.07, 6.45) is 4.08. The molecule has 10 heteroatoms. The maximum atomic E-state index is 13.1. The summed E-state index contributed by atoms with van der Waals surface area (Å²) in [6.45, 7) is 3.74. The Morgan fingerprint density at radius 1 is 1.02 bits per heavy atom. The Kier molecular flexibility index (Phi) is 7.21. The molecule has 0 saturated carbocycles. The van der Waals surface area contributed by atoms with Gasteiger partial charge in [0.25, 0.3) is 0 Å². The number of aryl methyl sites for hydroxylation is 1. The fourth-order valence-electron chi connectivity index (χ4n) is 5.37. The second-order valence-corrected chi connectivity index (χ2v) is 10.7. The minimum Gasteiger partial charge on any atom is -0.420 e. The molecule has 4 heterocycles. The fraction of sp³-hybridized carbons (Fsp3) is 0.300. The van der Waals surface area contributed by atoms with Gasteiger partial charge in [0.2, 0.25) is 17.7 Å². The summed E-state index contributed by atoms with van der Waals surface area (Å²) in [5.74, 6) is 0.489. The van der Waals surface area contributed by atoms with E-state index >= 15 is 0 Å². The quantitative estimate of drug-likeness (QED) is 0.354. The number of para-hydroxylation sites is 1. The molecule has 0 unspecified atom stereocenters. The molecule has 0 radical (unpaired) electrons. The number of carbonyl (C=O) groups is 2. The van der Waals surface area contributed by atoms with Crippen LogP contribution in [0.5, 0.6) is 0 Å². The van der Waals surface area contributed by atoms with E-state index < -0.39 is 0 Å². The van der Waals surface area contributed by atoms with Crippen LogP contribution >= 0.6 is 11.6 Å². The number of carbonyl (C=O) groups excluding carboxylic acids is 2. The molecule has 2 aliphatic heterocycles. The maximum Gasteiger partial charge on any atom is 0.322 e. The first-order valence-corrected chi connectivity index (χ1v) is 13.8. The van der Waals surface area contributed by atoms with Crippen molar-refractivity contribution in [1.82, 2.24) is 25.0 Å². The predicted molar refractivity (Wildman–Crippen MR) is 152 cm³/mol. The van der Waals surface area contributed by atoms with Crippen LogP contribution in [0.3, 0.4) is 0 Å². The van der Waals surface area contributed by atoms with Crippen molar-refractivity contribution < 1.29 is 14.0 Å². The third-order valence-electron chi connectivity index (χ3n) is 7.56. The van der Waals surface area contributed by atoms with Crippen LogP contribution < -0.4 is 5.32 Å². The number of rotatable bonds is 5. The normalized spacial score (nSPS) is 15.9. The molecule has 2 aromatic heterocycles. The van der Waals surface area contributed by atoms with Crippen molar-refractivity contribution in [2.24, 2.45) is 0 Å². The van der Waals surface area contributed by atoms with Crippen LogP contribution in [-0.2, 0) is 17.6 Å². The molecule has 204 valence electrons. The number of nitrogens with one attached hydrogen (secondary N) is 1. The van der Waals surface area contributed by atoms with E-state index in [1.54, 1.807) is 12.3 Å². The summed E-state index contributed by atoms with van der Waals surface area (Å²) in [7, 11) is 0. The van der Waals surface area contributed by atoms with Gasteiger partial charge in [-0.15, -0.1) is 10.2 Å². The SMILES string of the molecule is Cc1ccc(-c2cc(Cl)cc(-c3nnc(CC(=O)N4CCC(N5CCc6ccccc6NC5=O)CC4)o3)c2)cn1. The highest BCUT2D eigenvalue weighted by molar-refractivity contribution is 6.31. The average molecular weight is 557 g/mol. The monoisotopic (exact) mass is 556 g/mol. The lowest BCUT2D eigenvalue weighted by atomic mass is 10.0. The third-order valence-corrected chi connectivity index (χ3v) is 7.78. The van der Waals surface area contributed by atoms with Crippen LogP contribution in [0.4, 0.5) is 10.5 Å². The van der Waals surface area contributed by atoms with Gasteiger partial charge in [0, 0.05) is 59.4 Å². The first-order chi connectivity index (χ1) is 19.4. The van der Waals surface area contributed by atoms with Crippen LogP contribution in [0.1, 0.15) is 30.0 Å². The molecule has 4 aromatic rings. The van der Waals surface area contributed by atoms with Crippen LogP contribution in [0.15, 0.2) is 65.2 Å². The molecule has 9 nitrogen and oxygen atoms in total. The van der Waals surface area contributed by atoms with Gasteiger partial charge in [-0.2, -0.15) is 0 Å². The van der Waals surface area contributed by atoms with E-state index in [9.17, 15) is 9.59 Å². The van der Waals surface area contributed by atoms with Crippen LogP contribution in [-0.4, -0.2) is 62.6 Å². The molecule has 1 N–H and O–H groups in total. The van der Waals surface area contributed by atoms with Crippen LogP contribution in [0.25, 0.3) is 22.6 Å². The second-order valence-electron chi connectivity index (χ2n) is 10.2. The Bertz CT molecular complexity index is 1550. The molecule has 0 aliphatic carbocycles. The zero-order valence-corrected chi connectivity index (χ0v) is 22.9. The number of benzene rings is 2. The highest BCUT2D eigenvalue weighted by Gasteiger charge is 2.31. The van der Waals surface area contributed by atoms with Gasteiger partial charge >= 0.3 is 6.03 Å². The Labute approximate surface area is 237 Å². The summed E-state index contributed by atoms with van der Waals surface area (Å²) < 4.78 is 5.87. The number of amides is 3. The van der Waals surface area contributed by atoms with E-state index in [0.29, 0.717) is 36.1 Å². The van der Waals surface area contributed by atoms with Gasteiger partial charge in [-0.3, -0.25) is 9.78 Å². The Balaban J connectivity index is 1.07. The number of likely N-dealkylation sites (tertiary alicyclic amines) is 1. The molecule has 0 bridgehead atoms. The molecular weight excluding hydrogens is 528 g/mol. The van der Waals surface area contributed by atoms with Crippen molar-refractivity contribution in [1.29, 1.82) is 0 Å². The predicted octanol–water partition coefficient (Wildman–Crippen LogP) is 5.38. The van der Waals surface area contributed by atoms with Gasteiger partial charge in [0.15, 0.2) is 0 Å². The highest BCUT2D eigenvalue weighted by Crippen LogP contribution is 2.30. The summed E-state index contributed by atoms with van der Waals surface area (Å²) >= 11 is 6.38. The average Bonchev–Trinajstić information content (AvgIpc) is 3.35. The number of urea groups is 1. The lowest BCUT2D eigenvalue weighted by Gasteiger charge is -2.37. The summed E-state index contributed by atoms with van der Waals surface area (Å²) in [4.78, 5) is 34.0. The van der Waals surface area contributed by atoms with Gasteiger partial charge in [-0.05, 0) is 67.6 Å². The van der Waals surface area contributed by atoms with E-state index in [1.807, 2.05) is 59.2 Å². The molecule has 1 fully saturated rings. The largest absolute Gasteiger partial charge is 0.420 e. The fourth-order valence-corrected chi connectivity index (χ4v) is 5.60. The highest BCUT2D eigenvalue weighted by atomic mass is 35.5. The third kappa shape index (κ3) is 5.56. The van der Waals surface area contributed by atoms with Gasteiger partial charge in [-0.1, -0.05) is 35.9 Å². The summed E-state index contributed by atoms with van der Waals surface area (Å²) in [5.41, 5.74) is 5.44. The summed E-state index contributed by atoms with van der Waals surface area (Å²) in [5, 5.41) is 11.9. The molecule has 1 saturated heterocycles. The van der Waals surface area contributed by atoms with E-state index in [1.165, 1.54) is 0 Å².